The molecule has 2 rings (SSSR count). The average Bonchev–Trinajstić information content (AvgIpc) is 2.20. The van der Waals surface area contributed by atoms with Gasteiger partial charge in [0.2, 0.25) is 0 Å². The molecule has 0 aromatic heterocycles. The molecule has 2 aromatic carbocycles. The van der Waals surface area contributed by atoms with E-state index in [1.807, 2.05) is 0 Å². The van der Waals surface area contributed by atoms with Gasteiger partial charge in [0.15, 0.2) is 6.29 Å². The quantitative estimate of drug-likeness (QED) is 0.656. The average molecular weight is 209 g/mol. The van der Waals surface area contributed by atoms with E-state index in [0.29, 0.717) is 22.1 Å². The Morgan fingerprint density at radius 2 is 1.93 bits per heavy atom. The van der Waals surface area contributed by atoms with Crippen molar-refractivity contribution in [2.45, 2.75) is 0 Å². The van der Waals surface area contributed by atoms with Crippen molar-refractivity contribution < 1.29 is 9.18 Å². The molecule has 0 saturated carbocycles. The Bertz CT molecular complexity index is 508. The summed E-state index contributed by atoms with van der Waals surface area (Å²) < 4.78 is 13.6. The number of fused-ring (bicyclic) bond motifs is 1. The number of benzene rings is 2. The Morgan fingerprint density at radius 1 is 1.14 bits per heavy atom. The summed E-state index contributed by atoms with van der Waals surface area (Å²) in [6.07, 6.45) is 0.496. The van der Waals surface area contributed by atoms with Gasteiger partial charge in [-0.15, -0.1) is 0 Å². The fourth-order valence-corrected chi connectivity index (χ4v) is 1.63. The van der Waals surface area contributed by atoms with Gasteiger partial charge >= 0.3 is 0 Å². The highest BCUT2D eigenvalue weighted by atomic mass is 35.5. The van der Waals surface area contributed by atoms with E-state index in [4.69, 9.17) is 11.6 Å². The summed E-state index contributed by atoms with van der Waals surface area (Å²) in [7, 11) is 0. The number of hydrogen-bond acceptors (Lipinski definition) is 1. The molecule has 0 heterocycles. The summed E-state index contributed by atoms with van der Waals surface area (Å²) in [5, 5.41) is 1.48. The predicted octanol–water partition coefficient (Wildman–Crippen LogP) is 3.44. The van der Waals surface area contributed by atoms with Crippen molar-refractivity contribution in [3.8, 4) is 0 Å². The molecule has 0 saturated heterocycles. The van der Waals surface area contributed by atoms with Crippen molar-refractivity contribution in [3.63, 3.8) is 0 Å². The Kier molecular flexibility index (Phi) is 2.22. The summed E-state index contributed by atoms with van der Waals surface area (Å²) in [6, 6.07) is 8.01. The lowest BCUT2D eigenvalue weighted by Gasteiger charge is -2.02. The van der Waals surface area contributed by atoms with Gasteiger partial charge in [-0.25, -0.2) is 4.39 Å². The van der Waals surface area contributed by atoms with Crippen molar-refractivity contribution in [3.05, 3.63) is 46.7 Å². The Balaban J connectivity index is 2.90. The molecule has 0 bridgehead atoms. The van der Waals surface area contributed by atoms with Gasteiger partial charge in [0.1, 0.15) is 5.82 Å². The smallest absolute Gasteiger partial charge is 0.153 e. The van der Waals surface area contributed by atoms with Gasteiger partial charge in [-0.3, -0.25) is 4.79 Å². The third-order valence-corrected chi connectivity index (χ3v) is 2.43. The summed E-state index contributed by atoms with van der Waals surface area (Å²) in [5.41, 5.74) is 0.0553. The fourth-order valence-electron chi connectivity index (χ4n) is 1.39. The van der Waals surface area contributed by atoms with Gasteiger partial charge in [-0.2, -0.15) is 0 Å². The maximum absolute atomic E-state index is 13.6. The summed E-state index contributed by atoms with van der Waals surface area (Å²) in [5.74, 6) is -0.514. The third kappa shape index (κ3) is 1.28. The van der Waals surface area contributed by atoms with E-state index in [2.05, 4.69) is 0 Å². The number of carbonyl (C=O) groups excluding carboxylic acids is 1. The molecular formula is C11H6ClFO. The van der Waals surface area contributed by atoms with Gasteiger partial charge in [0, 0.05) is 15.8 Å². The molecule has 0 atom stereocenters. The normalized spacial score (nSPS) is 10.4. The van der Waals surface area contributed by atoms with E-state index in [1.165, 1.54) is 6.07 Å². The largest absolute Gasteiger partial charge is 0.298 e. The molecule has 0 radical (unpaired) electrons. The van der Waals surface area contributed by atoms with Crippen LogP contribution < -0.4 is 0 Å². The number of aldehydes is 1. The molecule has 0 unspecified atom stereocenters. The van der Waals surface area contributed by atoms with Crippen molar-refractivity contribution in [2.24, 2.45) is 0 Å². The van der Waals surface area contributed by atoms with Crippen molar-refractivity contribution in [1.82, 2.24) is 0 Å². The Labute approximate surface area is 85.1 Å². The molecule has 70 valence electrons. The van der Waals surface area contributed by atoms with Crippen LogP contribution in [0.2, 0.25) is 5.02 Å². The number of halogens is 2. The minimum atomic E-state index is -0.514. The molecule has 0 aliphatic rings. The highest BCUT2D eigenvalue weighted by Crippen LogP contribution is 2.26. The third-order valence-electron chi connectivity index (χ3n) is 2.10. The Hall–Kier alpha value is -1.41. The van der Waals surface area contributed by atoms with E-state index >= 15 is 0 Å². The molecule has 0 spiro atoms. The SMILES string of the molecule is O=Cc1ccc2c(Cl)cccc2c1F. The van der Waals surface area contributed by atoms with Gasteiger partial charge in [0.25, 0.3) is 0 Å². The molecule has 14 heavy (non-hydrogen) atoms. The maximum atomic E-state index is 13.6. The first-order valence-corrected chi connectivity index (χ1v) is 4.44. The zero-order valence-corrected chi connectivity index (χ0v) is 7.88. The standard InChI is InChI=1S/C11H6ClFO/c12-10-3-1-2-9-8(10)5-4-7(6-14)11(9)13/h1-6H. The molecule has 0 aliphatic heterocycles. The molecule has 0 fully saturated rings. The summed E-state index contributed by atoms with van der Waals surface area (Å²) >= 11 is 5.87. The number of rotatable bonds is 1. The van der Waals surface area contributed by atoms with Gasteiger partial charge in [-0.05, 0) is 12.1 Å². The van der Waals surface area contributed by atoms with E-state index in [-0.39, 0.29) is 5.56 Å². The van der Waals surface area contributed by atoms with E-state index in [0.717, 1.165) is 0 Å². The molecule has 1 nitrogen and oxygen atoms in total. The summed E-state index contributed by atoms with van der Waals surface area (Å²) in [4.78, 5) is 10.5. The van der Waals surface area contributed by atoms with Crippen LogP contribution in [0, 0.1) is 5.82 Å². The van der Waals surface area contributed by atoms with Crippen molar-refractivity contribution in [2.75, 3.05) is 0 Å². The van der Waals surface area contributed by atoms with E-state index in [9.17, 15) is 9.18 Å². The van der Waals surface area contributed by atoms with Gasteiger partial charge in [0.05, 0.1) is 5.56 Å². The van der Waals surface area contributed by atoms with Gasteiger partial charge < -0.3 is 0 Å². The molecule has 2 aromatic rings. The zero-order chi connectivity index (χ0) is 10.1. The fraction of sp³-hybridized carbons (Fsp3) is 0. The van der Waals surface area contributed by atoms with Crippen LogP contribution in [0.25, 0.3) is 10.8 Å². The molecular weight excluding hydrogens is 203 g/mol. The Morgan fingerprint density at radius 3 is 2.64 bits per heavy atom. The lowest BCUT2D eigenvalue weighted by Crippen LogP contribution is -1.89. The highest BCUT2D eigenvalue weighted by molar-refractivity contribution is 6.35. The lowest BCUT2D eigenvalue weighted by atomic mass is 10.1. The van der Waals surface area contributed by atoms with Crippen LogP contribution in [-0.2, 0) is 0 Å². The van der Waals surface area contributed by atoms with Gasteiger partial charge in [-0.1, -0.05) is 29.8 Å². The first-order valence-electron chi connectivity index (χ1n) is 4.06. The van der Waals surface area contributed by atoms with Crippen molar-refractivity contribution >= 4 is 28.7 Å². The van der Waals surface area contributed by atoms with Crippen LogP contribution in [0.5, 0.6) is 0 Å². The monoisotopic (exact) mass is 208 g/mol. The zero-order valence-electron chi connectivity index (χ0n) is 7.13. The first kappa shape index (κ1) is 9.16. The molecule has 0 amide bonds. The van der Waals surface area contributed by atoms with Crippen LogP contribution >= 0.6 is 11.6 Å². The number of hydrogen-bond donors (Lipinski definition) is 0. The molecule has 3 heteroatoms. The van der Waals surface area contributed by atoms with Crippen LogP contribution in [0.3, 0.4) is 0 Å². The van der Waals surface area contributed by atoms with Crippen molar-refractivity contribution in [1.29, 1.82) is 0 Å². The molecule has 0 N–H and O–H groups in total. The minimum Gasteiger partial charge on any atom is -0.298 e. The van der Waals surface area contributed by atoms with E-state index in [1.54, 1.807) is 24.3 Å². The minimum absolute atomic E-state index is 0.0553. The maximum Gasteiger partial charge on any atom is 0.153 e. The second kappa shape index (κ2) is 3.39. The topological polar surface area (TPSA) is 17.1 Å². The number of carbonyl (C=O) groups is 1. The van der Waals surface area contributed by atoms with Crippen LogP contribution in [-0.4, -0.2) is 6.29 Å². The predicted molar refractivity (Wildman–Crippen MR) is 54.3 cm³/mol. The van der Waals surface area contributed by atoms with Crippen LogP contribution in [0.4, 0.5) is 4.39 Å². The van der Waals surface area contributed by atoms with E-state index < -0.39 is 5.82 Å². The highest BCUT2D eigenvalue weighted by Gasteiger charge is 2.07. The second-order valence-electron chi connectivity index (χ2n) is 2.92. The molecule has 0 aliphatic carbocycles. The first-order chi connectivity index (χ1) is 6.74. The summed E-state index contributed by atoms with van der Waals surface area (Å²) in [6.45, 7) is 0. The lowest BCUT2D eigenvalue weighted by molar-refractivity contribution is 0.112. The van der Waals surface area contributed by atoms with Crippen LogP contribution in [0.1, 0.15) is 10.4 Å². The van der Waals surface area contributed by atoms with Crippen LogP contribution in [0.15, 0.2) is 30.3 Å². The second-order valence-corrected chi connectivity index (χ2v) is 3.33.